The standard InChI is InChI=1S/C14H18FN3O2/c15-11-6-2-1-5-10(11)9-12(19)17-14(13(16)18-20)7-3-4-8-14/h1-2,5-6,20H,3-4,7-9H2,(H2,16,18)(H,17,19). The zero-order chi connectivity index (χ0) is 14.6. The molecule has 1 aliphatic carbocycles. The summed E-state index contributed by atoms with van der Waals surface area (Å²) in [6.45, 7) is 0. The van der Waals surface area contributed by atoms with Gasteiger partial charge in [0.1, 0.15) is 11.4 Å². The van der Waals surface area contributed by atoms with Gasteiger partial charge in [0.15, 0.2) is 5.84 Å². The number of oxime groups is 1. The molecule has 0 bridgehead atoms. The van der Waals surface area contributed by atoms with Gasteiger partial charge in [-0.25, -0.2) is 4.39 Å². The van der Waals surface area contributed by atoms with Crippen molar-refractivity contribution in [3.8, 4) is 0 Å². The third kappa shape index (κ3) is 2.89. The van der Waals surface area contributed by atoms with E-state index in [0.717, 1.165) is 12.8 Å². The molecule has 20 heavy (non-hydrogen) atoms. The van der Waals surface area contributed by atoms with Crippen LogP contribution in [0.15, 0.2) is 29.4 Å². The molecule has 0 spiro atoms. The van der Waals surface area contributed by atoms with Crippen LogP contribution in [0.4, 0.5) is 4.39 Å². The van der Waals surface area contributed by atoms with E-state index in [0.29, 0.717) is 18.4 Å². The number of nitrogens with two attached hydrogens (primary N) is 1. The summed E-state index contributed by atoms with van der Waals surface area (Å²) in [7, 11) is 0. The van der Waals surface area contributed by atoms with E-state index in [1.54, 1.807) is 18.2 Å². The third-order valence-electron chi connectivity index (χ3n) is 3.74. The fourth-order valence-corrected chi connectivity index (χ4v) is 2.65. The van der Waals surface area contributed by atoms with Crippen LogP contribution in [-0.2, 0) is 11.2 Å². The summed E-state index contributed by atoms with van der Waals surface area (Å²) < 4.78 is 13.5. The second-order valence-electron chi connectivity index (χ2n) is 5.09. The van der Waals surface area contributed by atoms with E-state index in [4.69, 9.17) is 10.9 Å². The van der Waals surface area contributed by atoms with Crippen LogP contribution in [0.1, 0.15) is 31.2 Å². The Balaban J connectivity index is 2.08. The number of rotatable bonds is 4. The average molecular weight is 279 g/mol. The largest absolute Gasteiger partial charge is 0.409 e. The summed E-state index contributed by atoms with van der Waals surface area (Å²) in [6, 6.07) is 6.14. The fraction of sp³-hybridized carbons (Fsp3) is 0.429. The van der Waals surface area contributed by atoms with Gasteiger partial charge in [-0.3, -0.25) is 4.79 Å². The molecule has 6 heteroatoms. The Bertz CT molecular complexity index is 525. The average Bonchev–Trinajstić information content (AvgIpc) is 2.90. The first-order valence-corrected chi connectivity index (χ1v) is 6.60. The van der Waals surface area contributed by atoms with Gasteiger partial charge in [-0.15, -0.1) is 0 Å². The minimum absolute atomic E-state index is 0.0110. The van der Waals surface area contributed by atoms with Gasteiger partial charge in [0.2, 0.25) is 5.91 Å². The topological polar surface area (TPSA) is 87.7 Å². The van der Waals surface area contributed by atoms with E-state index in [1.165, 1.54) is 6.07 Å². The third-order valence-corrected chi connectivity index (χ3v) is 3.74. The molecule has 2 rings (SSSR count). The highest BCUT2D eigenvalue weighted by atomic mass is 19.1. The molecule has 0 atom stereocenters. The van der Waals surface area contributed by atoms with Crippen LogP contribution in [0.25, 0.3) is 0 Å². The van der Waals surface area contributed by atoms with Crippen molar-refractivity contribution in [3.05, 3.63) is 35.6 Å². The zero-order valence-electron chi connectivity index (χ0n) is 11.1. The maximum Gasteiger partial charge on any atom is 0.225 e. The fourth-order valence-electron chi connectivity index (χ4n) is 2.65. The number of halogens is 1. The Morgan fingerprint density at radius 3 is 2.65 bits per heavy atom. The van der Waals surface area contributed by atoms with E-state index < -0.39 is 11.4 Å². The normalized spacial score (nSPS) is 17.9. The number of nitrogens with one attached hydrogen (secondary N) is 1. The molecule has 1 fully saturated rings. The SMILES string of the molecule is N/C(=N/O)C1(NC(=O)Cc2ccccc2F)CCCC1. The van der Waals surface area contributed by atoms with Gasteiger partial charge in [0, 0.05) is 0 Å². The lowest BCUT2D eigenvalue weighted by atomic mass is 9.95. The number of amidine groups is 1. The number of nitrogens with zero attached hydrogens (tertiary/aromatic N) is 1. The lowest BCUT2D eigenvalue weighted by Crippen LogP contribution is -2.56. The summed E-state index contributed by atoms with van der Waals surface area (Å²) in [5.74, 6) is -0.729. The van der Waals surface area contributed by atoms with E-state index >= 15 is 0 Å². The van der Waals surface area contributed by atoms with Crippen molar-refractivity contribution in [2.45, 2.75) is 37.6 Å². The molecular weight excluding hydrogens is 261 g/mol. The van der Waals surface area contributed by atoms with Gasteiger partial charge >= 0.3 is 0 Å². The van der Waals surface area contributed by atoms with Crippen LogP contribution in [0.2, 0.25) is 0 Å². The monoisotopic (exact) mass is 279 g/mol. The van der Waals surface area contributed by atoms with Gasteiger partial charge < -0.3 is 16.3 Å². The maximum atomic E-state index is 13.5. The highest BCUT2D eigenvalue weighted by Crippen LogP contribution is 2.30. The molecule has 0 aliphatic heterocycles. The zero-order valence-corrected chi connectivity index (χ0v) is 11.1. The summed E-state index contributed by atoms with van der Waals surface area (Å²) in [5, 5.41) is 14.7. The van der Waals surface area contributed by atoms with Crippen molar-refractivity contribution in [3.63, 3.8) is 0 Å². The number of hydrogen-bond acceptors (Lipinski definition) is 3. The Labute approximate surface area is 116 Å². The second-order valence-corrected chi connectivity index (χ2v) is 5.09. The van der Waals surface area contributed by atoms with Crippen molar-refractivity contribution >= 4 is 11.7 Å². The lowest BCUT2D eigenvalue weighted by molar-refractivity contribution is -0.121. The number of hydrogen-bond donors (Lipinski definition) is 3. The van der Waals surface area contributed by atoms with E-state index in [9.17, 15) is 9.18 Å². The molecule has 1 aromatic rings. The molecule has 0 heterocycles. The summed E-state index contributed by atoms with van der Waals surface area (Å²) in [4.78, 5) is 12.1. The van der Waals surface area contributed by atoms with Gasteiger partial charge in [-0.2, -0.15) is 0 Å². The number of carbonyl (C=O) groups is 1. The van der Waals surface area contributed by atoms with Crippen LogP contribution in [-0.4, -0.2) is 22.5 Å². The van der Waals surface area contributed by atoms with E-state index in [-0.39, 0.29) is 18.2 Å². The Kier molecular flexibility index (Phi) is 4.22. The first kappa shape index (κ1) is 14.3. The van der Waals surface area contributed by atoms with Crippen LogP contribution in [0.3, 0.4) is 0 Å². The Morgan fingerprint density at radius 2 is 2.05 bits per heavy atom. The summed E-state index contributed by atoms with van der Waals surface area (Å²) in [6.07, 6.45) is 3.00. The molecule has 1 aliphatic rings. The number of benzene rings is 1. The second kappa shape index (κ2) is 5.90. The molecule has 1 aromatic carbocycles. The minimum Gasteiger partial charge on any atom is -0.409 e. The van der Waals surface area contributed by atoms with Crippen LogP contribution in [0.5, 0.6) is 0 Å². The molecule has 1 saturated carbocycles. The molecular formula is C14H18FN3O2. The van der Waals surface area contributed by atoms with Crippen molar-refractivity contribution in [1.29, 1.82) is 0 Å². The summed E-state index contributed by atoms with van der Waals surface area (Å²) in [5.41, 5.74) is 5.23. The lowest BCUT2D eigenvalue weighted by Gasteiger charge is -2.28. The van der Waals surface area contributed by atoms with Crippen LogP contribution < -0.4 is 11.1 Å². The molecule has 0 aromatic heterocycles. The first-order chi connectivity index (χ1) is 9.57. The predicted molar refractivity (Wildman–Crippen MR) is 72.9 cm³/mol. The first-order valence-electron chi connectivity index (χ1n) is 6.60. The summed E-state index contributed by atoms with van der Waals surface area (Å²) >= 11 is 0. The predicted octanol–water partition coefficient (Wildman–Crippen LogP) is 1.54. The quantitative estimate of drug-likeness (QED) is 0.338. The number of amides is 1. The van der Waals surface area contributed by atoms with Crippen LogP contribution >= 0.6 is 0 Å². The highest BCUT2D eigenvalue weighted by Gasteiger charge is 2.39. The number of carbonyl (C=O) groups excluding carboxylic acids is 1. The van der Waals surface area contributed by atoms with Crippen LogP contribution in [0, 0.1) is 5.82 Å². The van der Waals surface area contributed by atoms with Gasteiger partial charge in [0.05, 0.1) is 6.42 Å². The maximum absolute atomic E-state index is 13.5. The molecule has 0 radical (unpaired) electrons. The van der Waals surface area contributed by atoms with Gasteiger partial charge in [0.25, 0.3) is 0 Å². The van der Waals surface area contributed by atoms with Crippen molar-refractivity contribution < 1.29 is 14.4 Å². The van der Waals surface area contributed by atoms with Gasteiger partial charge in [-0.05, 0) is 24.5 Å². The molecule has 108 valence electrons. The Morgan fingerprint density at radius 1 is 1.40 bits per heavy atom. The van der Waals surface area contributed by atoms with E-state index in [2.05, 4.69) is 10.5 Å². The van der Waals surface area contributed by atoms with Crippen molar-refractivity contribution in [2.75, 3.05) is 0 Å². The molecule has 1 amide bonds. The van der Waals surface area contributed by atoms with Gasteiger partial charge in [-0.1, -0.05) is 36.2 Å². The molecule has 5 nitrogen and oxygen atoms in total. The smallest absolute Gasteiger partial charge is 0.225 e. The minimum atomic E-state index is -0.795. The molecule has 4 N–H and O–H groups in total. The van der Waals surface area contributed by atoms with Crippen molar-refractivity contribution in [2.24, 2.45) is 10.9 Å². The van der Waals surface area contributed by atoms with Crippen molar-refractivity contribution in [1.82, 2.24) is 5.32 Å². The van der Waals surface area contributed by atoms with E-state index in [1.807, 2.05) is 0 Å². The molecule has 0 saturated heterocycles. The highest BCUT2D eigenvalue weighted by molar-refractivity contribution is 5.94. The molecule has 0 unspecified atom stereocenters. The Hall–Kier alpha value is -2.11.